The zero-order valence-corrected chi connectivity index (χ0v) is 13.4. The summed E-state index contributed by atoms with van der Waals surface area (Å²) in [6.45, 7) is 2.44. The quantitative estimate of drug-likeness (QED) is 0.825. The smallest absolute Gasteiger partial charge is 0.249 e. The summed E-state index contributed by atoms with van der Waals surface area (Å²) >= 11 is 0. The summed E-state index contributed by atoms with van der Waals surface area (Å²) < 4.78 is 10.4. The Hall–Kier alpha value is -2.61. The largest absolute Gasteiger partial charge is 0.497 e. The van der Waals surface area contributed by atoms with E-state index in [1.807, 2.05) is 4.90 Å². The highest BCUT2D eigenvalue weighted by molar-refractivity contribution is 6.06. The number of carbonyl (C=O) groups is 2. The van der Waals surface area contributed by atoms with Crippen LogP contribution in [0, 0.1) is 0 Å². The van der Waals surface area contributed by atoms with Gasteiger partial charge in [0.25, 0.3) is 0 Å². The predicted octanol–water partition coefficient (Wildman–Crippen LogP) is 0.210. The lowest BCUT2D eigenvalue weighted by atomic mass is 10.1. The maximum atomic E-state index is 12.5. The molecule has 0 radical (unpaired) electrons. The number of aliphatic imine (C=N–C) groups is 1. The van der Waals surface area contributed by atoms with Crippen LogP contribution >= 0.6 is 0 Å². The van der Waals surface area contributed by atoms with Crippen molar-refractivity contribution in [2.24, 2.45) is 4.99 Å². The Morgan fingerprint density at radius 3 is 2.96 bits per heavy atom. The predicted molar refractivity (Wildman–Crippen MR) is 88.0 cm³/mol. The Labute approximate surface area is 139 Å². The molecule has 1 fully saturated rings. The van der Waals surface area contributed by atoms with E-state index in [4.69, 9.17) is 9.47 Å². The van der Waals surface area contributed by atoms with Crippen LogP contribution in [0.2, 0.25) is 0 Å². The number of guanidine groups is 1. The number of nitrogens with zero attached hydrogens (tertiary/aromatic N) is 2. The lowest BCUT2D eigenvalue weighted by molar-refractivity contribution is -0.125. The van der Waals surface area contributed by atoms with Crippen molar-refractivity contribution in [2.45, 2.75) is 12.5 Å². The molecule has 8 heteroatoms. The van der Waals surface area contributed by atoms with Crippen LogP contribution in [-0.2, 0) is 14.3 Å². The van der Waals surface area contributed by atoms with E-state index in [1.54, 1.807) is 31.4 Å². The number of nitrogens with one attached hydrogen (secondary N) is 2. The van der Waals surface area contributed by atoms with E-state index in [0.717, 1.165) is 0 Å². The van der Waals surface area contributed by atoms with Crippen LogP contribution in [0.25, 0.3) is 0 Å². The van der Waals surface area contributed by atoms with Gasteiger partial charge in [-0.15, -0.1) is 0 Å². The molecule has 0 bridgehead atoms. The zero-order valence-electron chi connectivity index (χ0n) is 13.4. The molecular formula is C16H20N4O4. The number of hydrogen-bond acceptors (Lipinski definition) is 6. The van der Waals surface area contributed by atoms with Crippen LogP contribution in [0.3, 0.4) is 0 Å². The Kier molecular flexibility index (Phi) is 4.95. The van der Waals surface area contributed by atoms with E-state index in [0.29, 0.717) is 43.7 Å². The Morgan fingerprint density at radius 1 is 1.42 bits per heavy atom. The van der Waals surface area contributed by atoms with Gasteiger partial charge in [-0.25, -0.2) is 4.99 Å². The van der Waals surface area contributed by atoms with Gasteiger partial charge in [0.05, 0.1) is 26.7 Å². The second kappa shape index (κ2) is 7.31. The van der Waals surface area contributed by atoms with Crippen molar-refractivity contribution < 1.29 is 19.1 Å². The minimum absolute atomic E-state index is 0.0314. The fourth-order valence-corrected chi connectivity index (χ4v) is 2.59. The lowest BCUT2D eigenvalue weighted by Crippen LogP contribution is -2.53. The molecule has 24 heavy (non-hydrogen) atoms. The van der Waals surface area contributed by atoms with Gasteiger partial charge in [-0.3, -0.25) is 14.9 Å². The topological polar surface area (TPSA) is 92.3 Å². The molecule has 2 heterocycles. The van der Waals surface area contributed by atoms with Crippen molar-refractivity contribution in [3.63, 3.8) is 0 Å². The van der Waals surface area contributed by atoms with E-state index in [2.05, 4.69) is 15.6 Å². The average Bonchev–Trinajstić information content (AvgIpc) is 2.62. The number of amides is 2. The molecule has 128 valence electrons. The number of ether oxygens (including phenoxy) is 2. The summed E-state index contributed by atoms with van der Waals surface area (Å²) in [5, 5.41) is 5.52. The first-order valence-corrected chi connectivity index (χ1v) is 7.81. The maximum Gasteiger partial charge on any atom is 0.249 e. The number of morpholine rings is 1. The first-order valence-electron chi connectivity index (χ1n) is 7.81. The number of anilines is 1. The maximum absolute atomic E-state index is 12.5. The number of hydrogen-bond donors (Lipinski definition) is 2. The Bertz CT molecular complexity index is 655. The van der Waals surface area contributed by atoms with Crippen LogP contribution < -0.4 is 15.4 Å². The first-order chi connectivity index (χ1) is 11.7. The molecule has 1 atom stereocenters. The van der Waals surface area contributed by atoms with Crippen molar-refractivity contribution in [1.82, 2.24) is 10.2 Å². The van der Waals surface area contributed by atoms with Gasteiger partial charge in [0, 0.05) is 24.8 Å². The summed E-state index contributed by atoms with van der Waals surface area (Å²) in [6, 6.07) is 6.30. The molecular weight excluding hydrogens is 312 g/mol. The van der Waals surface area contributed by atoms with Crippen LogP contribution in [-0.4, -0.2) is 62.1 Å². The molecule has 1 aromatic rings. The van der Waals surface area contributed by atoms with Crippen molar-refractivity contribution >= 4 is 23.5 Å². The van der Waals surface area contributed by atoms with Gasteiger partial charge >= 0.3 is 0 Å². The van der Waals surface area contributed by atoms with Gasteiger partial charge in [-0.05, 0) is 12.1 Å². The lowest BCUT2D eigenvalue weighted by Gasteiger charge is -2.32. The zero-order chi connectivity index (χ0) is 16.9. The second-order valence-corrected chi connectivity index (χ2v) is 5.54. The second-order valence-electron chi connectivity index (χ2n) is 5.54. The number of methoxy groups -OCH3 is 1. The highest BCUT2D eigenvalue weighted by Crippen LogP contribution is 2.18. The Balaban J connectivity index is 1.71. The summed E-state index contributed by atoms with van der Waals surface area (Å²) in [7, 11) is 1.56. The van der Waals surface area contributed by atoms with Gasteiger partial charge in [0.15, 0.2) is 0 Å². The standard InChI is InChI=1S/C16H20N4O4/c1-23-12-4-2-3-11(9-12)17-15(22)13-10-14(21)19-16(18-13)20-5-7-24-8-6-20/h2-4,9,13H,5-8,10H2,1H3,(H,17,22)(H,18,19,21)/t13-/m0/s1. The molecule has 2 aliphatic rings. The molecule has 0 unspecified atom stereocenters. The third kappa shape index (κ3) is 3.83. The molecule has 0 aliphatic carbocycles. The molecule has 8 nitrogen and oxygen atoms in total. The number of carbonyl (C=O) groups excluding carboxylic acids is 2. The summed E-state index contributed by atoms with van der Waals surface area (Å²) in [4.78, 5) is 30.7. The molecule has 2 N–H and O–H groups in total. The van der Waals surface area contributed by atoms with Gasteiger partial charge in [-0.2, -0.15) is 0 Å². The van der Waals surface area contributed by atoms with Crippen molar-refractivity contribution in [1.29, 1.82) is 0 Å². The highest BCUT2D eigenvalue weighted by atomic mass is 16.5. The Morgan fingerprint density at radius 2 is 2.21 bits per heavy atom. The number of rotatable bonds is 3. The molecule has 2 amide bonds. The fraction of sp³-hybridized carbons (Fsp3) is 0.438. The van der Waals surface area contributed by atoms with E-state index < -0.39 is 6.04 Å². The molecule has 3 rings (SSSR count). The van der Waals surface area contributed by atoms with Gasteiger partial charge in [0.1, 0.15) is 11.8 Å². The fourth-order valence-electron chi connectivity index (χ4n) is 2.59. The molecule has 1 aromatic carbocycles. The van der Waals surface area contributed by atoms with Gasteiger partial charge in [0.2, 0.25) is 17.8 Å². The highest BCUT2D eigenvalue weighted by Gasteiger charge is 2.29. The van der Waals surface area contributed by atoms with Gasteiger partial charge in [-0.1, -0.05) is 6.07 Å². The van der Waals surface area contributed by atoms with Crippen molar-refractivity contribution in [3.8, 4) is 5.75 Å². The normalized spacial score (nSPS) is 20.9. The average molecular weight is 332 g/mol. The number of benzene rings is 1. The minimum atomic E-state index is -0.747. The van der Waals surface area contributed by atoms with E-state index in [9.17, 15) is 9.59 Å². The van der Waals surface area contributed by atoms with E-state index in [1.165, 1.54) is 0 Å². The molecule has 0 aromatic heterocycles. The van der Waals surface area contributed by atoms with Crippen molar-refractivity contribution in [2.75, 3.05) is 38.7 Å². The van der Waals surface area contributed by atoms with E-state index >= 15 is 0 Å². The summed E-state index contributed by atoms with van der Waals surface area (Å²) in [6.07, 6.45) is 0.0314. The summed E-state index contributed by atoms with van der Waals surface area (Å²) in [5.41, 5.74) is 0.605. The molecule has 1 saturated heterocycles. The first kappa shape index (κ1) is 16.3. The molecule has 2 aliphatic heterocycles. The van der Waals surface area contributed by atoms with Crippen LogP contribution in [0.15, 0.2) is 29.3 Å². The van der Waals surface area contributed by atoms with Crippen LogP contribution in [0.4, 0.5) is 5.69 Å². The SMILES string of the molecule is COc1cccc(NC(=O)[C@@H]2CC(=O)NC(N3CCOCC3)=N2)c1. The molecule has 0 saturated carbocycles. The third-order valence-corrected chi connectivity index (χ3v) is 3.86. The monoisotopic (exact) mass is 332 g/mol. The summed E-state index contributed by atoms with van der Waals surface area (Å²) in [5.74, 6) is 0.563. The third-order valence-electron chi connectivity index (χ3n) is 3.86. The van der Waals surface area contributed by atoms with Crippen molar-refractivity contribution in [3.05, 3.63) is 24.3 Å². The minimum Gasteiger partial charge on any atom is -0.497 e. The van der Waals surface area contributed by atoms with Crippen LogP contribution in [0.5, 0.6) is 5.75 Å². The van der Waals surface area contributed by atoms with Gasteiger partial charge < -0.3 is 19.7 Å². The molecule has 0 spiro atoms. The van der Waals surface area contributed by atoms with E-state index in [-0.39, 0.29) is 18.2 Å². The van der Waals surface area contributed by atoms with Crippen LogP contribution in [0.1, 0.15) is 6.42 Å².